The molecule has 0 amide bonds. The summed E-state index contributed by atoms with van der Waals surface area (Å²) in [5.74, 6) is -4.94. The molecule has 38 heavy (non-hydrogen) atoms. The second-order valence-corrected chi connectivity index (χ2v) is 11.6. The van der Waals surface area contributed by atoms with Gasteiger partial charge in [-0.05, 0) is 63.2 Å². The molecule has 0 radical (unpaired) electrons. The van der Waals surface area contributed by atoms with Gasteiger partial charge in [0, 0.05) is 24.0 Å². The Kier molecular flexibility index (Phi) is 8.82. The molecule has 5 nitrogen and oxygen atoms in total. The van der Waals surface area contributed by atoms with Crippen molar-refractivity contribution in [1.82, 2.24) is 0 Å². The largest absolute Gasteiger partial charge is 0.432 e. The first kappa shape index (κ1) is 28.1. The van der Waals surface area contributed by atoms with Gasteiger partial charge in [-0.2, -0.15) is 8.78 Å². The molecule has 0 bridgehead atoms. The van der Waals surface area contributed by atoms with Crippen molar-refractivity contribution < 1.29 is 45.6 Å². The Morgan fingerprint density at radius 2 is 1.11 bits per heavy atom. The second kappa shape index (κ2) is 11.9. The normalized spacial score (nSPS) is 37.1. The molecule has 0 atom stereocenters. The van der Waals surface area contributed by atoms with Crippen molar-refractivity contribution in [2.45, 2.75) is 77.0 Å². The third-order valence-corrected chi connectivity index (χ3v) is 8.75. The molecule has 2 saturated carbocycles. The van der Waals surface area contributed by atoms with Crippen molar-refractivity contribution in [2.75, 3.05) is 26.4 Å². The van der Waals surface area contributed by atoms with Crippen molar-refractivity contribution >= 4 is 0 Å². The molecule has 4 fully saturated rings. The fourth-order valence-electron chi connectivity index (χ4n) is 6.50. The molecule has 0 spiro atoms. The van der Waals surface area contributed by atoms with E-state index in [0.29, 0.717) is 75.1 Å². The summed E-state index contributed by atoms with van der Waals surface area (Å²) < 4.78 is 97.8. The summed E-state index contributed by atoms with van der Waals surface area (Å²) in [4.78, 5) is 0. The third-order valence-electron chi connectivity index (χ3n) is 8.75. The average Bonchev–Trinajstić information content (AvgIpc) is 2.92. The molecule has 2 aliphatic carbocycles. The lowest BCUT2D eigenvalue weighted by molar-refractivity contribution is -0.290. The molecule has 0 aromatic heterocycles. The van der Waals surface area contributed by atoms with E-state index in [0.717, 1.165) is 25.7 Å². The number of rotatable bonds is 6. The fourth-order valence-corrected chi connectivity index (χ4v) is 6.50. The minimum Gasteiger partial charge on any atom is -0.432 e. The summed E-state index contributed by atoms with van der Waals surface area (Å²) in [6.07, 6.45) is 1.76. The van der Waals surface area contributed by atoms with Gasteiger partial charge in [0.25, 0.3) is 0 Å². The van der Waals surface area contributed by atoms with Gasteiger partial charge in [-0.25, -0.2) is 13.2 Å². The topological polar surface area (TPSA) is 46.2 Å². The molecular formula is C28H37F5O5. The molecule has 2 aliphatic heterocycles. The van der Waals surface area contributed by atoms with Crippen LogP contribution in [0.3, 0.4) is 0 Å². The van der Waals surface area contributed by atoms with Gasteiger partial charge in [0.2, 0.25) is 0 Å². The molecule has 4 aliphatic rings. The molecule has 1 aromatic carbocycles. The SMILES string of the molecule is CC1COC(C2COC(C3CCC(C4CCC(C(F)(F)Oc5cc(F)c(F)c(F)c5)CC4)CC3)OC2)OC1. The van der Waals surface area contributed by atoms with Crippen LogP contribution in [0.15, 0.2) is 12.1 Å². The van der Waals surface area contributed by atoms with Gasteiger partial charge in [0.05, 0.1) is 38.3 Å². The van der Waals surface area contributed by atoms with Gasteiger partial charge in [-0.3, -0.25) is 0 Å². The van der Waals surface area contributed by atoms with E-state index >= 15 is 0 Å². The summed E-state index contributed by atoms with van der Waals surface area (Å²) in [7, 11) is 0. The summed E-state index contributed by atoms with van der Waals surface area (Å²) in [6, 6.07) is 0.905. The zero-order valence-corrected chi connectivity index (χ0v) is 21.7. The molecule has 1 aromatic rings. The van der Waals surface area contributed by atoms with Crippen LogP contribution in [0.25, 0.3) is 0 Å². The minimum atomic E-state index is -3.58. The maximum absolute atomic E-state index is 14.7. The lowest BCUT2D eigenvalue weighted by Gasteiger charge is -2.42. The predicted octanol–water partition coefficient (Wildman–Crippen LogP) is 6.69. The van der Waals surface area contributed by atoms with E-state index in [2.05, 4.69) is 11.7 Å². The minimum absolute atomic E-state index is 0.0773. The predicted molar refractivity (Wildman–Crippen MR) is 127 cm³/mol. The van der Waals surface area contributed by atoms with Crippen LogP contribution < -0.4 is 4.74 Å². The highest BCUT2D eigenvalue weighted by Crippen LogP contribution is 2.46. The van der Waals surface area contributed by atoms with Crippen LogP contribution in [0, 0.1) is 53.0 Å². The van der Waals surface area contributed by atoms with Crippen molar-refractivity contribution in [3.05, 3.63) is 29.6 Å². The molecule has 5 rings (SSSR count). The Hall–Kier alpha value is -1.49. The lowest BCUT2D eigenvalue weighted by atomic mass is 9.69. The van der Waals surface area contributed by atoms with Gasteiger partial charge in [-0.1, -0.05) is 6.92 Å². The van der Waals surface area contributed by atoms with Crippen LogP contribution >= 0.6 is 0 Å². The van der Waals surface area contributed by atoms with Crippen molar-refractivity contribution in [1.29, 1.82) is 0 Å². The van der Waals surface area contributed by atoms with Crippen LogP contribution in [-0.4, -0.2) is 45.1 Å². The fraction of sp³-hybridized carbons (Fsp3) is 0.786. The summed E-state index contributed by atoms with van der Waals surface area (Å²) in [5, 5.41) is 0. The summed E-state index contributed by atoms with van der Waals surface area (Å²) >= 11 is 0. The van der Waals surface area contributed by atoms with E-state index in [1.54, 1.807) is 0 Å². The van der Waals surface area contributed by atoms with E-state index in [1.165, 1.54) is 0 Å². The van der Waals surface area contributed by atoms with Crippen molar-refractivity contribution in [3.8, 4) is 5.75 Å². The molecule has 0 unspecified atom stereocenters. The Bertz CT molecular complexity index is 893. The lowest BCUT2D eigenvalue weighted by Crippen LogP contribution is -2.46. The number of alkyl halides is 2. The Labute approximate surface area is 220 Å². The van der Waals surface area contributed by atoms with Crippen LogP contribution in [0.5, 0.6) is 5.75 Å². The van der Waals surface area contributed by atoms with Gasteiger partial charge in [-0.15, -0.1) is 0 Å². The van der Waals surface area contributed by atoms with Crippen LogP contribution in [-0.2, 0) is 18.9 Å². The first-order valence-electron chi connectivity index (χ1n) is 13.9. The molecule has 214 valence electrons. The molecule has 2 saturated heterocycles. The molecule has 0 N–H and O–H groups in total. The zero-order chi connectivity index (χ0) is 26.9. The van der Waals surface area contributed by atoms with E-state index in [4.69, 9.17) is 18.9 Å². The van der Waals surface area contributed by atoms with Gasteiger partial charge >= 0.3 is 6.11 Å². The highest BCUT2D eigenvalue weighted by molar-refractivity contribution is 5.25. The van der Waals surface area contributed by atoms with Crippen molar-refractivity contribution in [2.24, 2.45) is 35.5 Å². The number of halogens is 5. The molecule has 2 heterocycles. The number of benzene rings is 1. The van der Waals surface area contributed by atoms with Gasteiger partial charge in [0.1, 0.15) is 5.75 Å². The number of hydrogen-bond donors (Lipinski definition) is 0. The maximum atomic E-state index is 14.7. The summed E-state index contributed by atoms with van der Waals surface area (Å²) in [6.45, 7) is 4.58. The summed E-state index contributed by atoms with van der Waals surface area (Å²) in [5.41, 5.74) is 0. The highest BCUT2D eigenvalue weighted by atomic mass is 19.3. The Balaban J connectivity index is 1.04. The van der Waals surface area contributed by atoms with Crippen LogP contribution in [0.2, 0.25) is 0 Å². The molecular weight excluding hydrogens is 511 g/mol. The highest BCUT2D eigenvalue weighted by Gasteiger charge is 2.46. The van der Waals surface area contributed by atoms with Crippen LogP contribution in [0.1, 0.15) is 58.3 Å². The number of ether oxygens (including phenoxy) is 5. The molecule has 10 heteroatoms. The van der Waals surface area contributed by atoms with E-state index in [9.17, 15) is 22.0 Å². The van der Waals surface area contributed by atoms with Gasteiger partial charge < -0.3 is 23.7 Å². The second-order valence-electron chi connectivity index (χ2n) is 11.6. The van der Waals surface area contributed by atoms with Crippen molar-refractivity contribution in [3.63, 3.8) is 0 Å². The third kappa shape index (κ3) is 6.45. The van der Waals surface area contributed by atoms with E-state index < -0.39 is 35.2 Å². The standard InChI is InChI=1S/C28H37F5O5/c1-16-12-34-27(35-13-16)20-14-36-26(37-15-20)19-4-2-17(3-5-19)18-6-8-21(9-7-18)28(32,33)38-22-10-23(29)25(31)24(30)11-22/h10-11,16-21,26-27H,2-9,12-15H2,1H3. The quantitative estimate of drug-likeness (QED) is 0.293. The zero-order valence-electron chi connectivity index (χ0n) is 21.7. The Morgan fingerprint density at radius 1 is 0.658 bits per heavy atom. The van der Waals surface area contributed by atoms with E-state index in [1.807, 2.05) is 0 Å². The van der Waals surface area contributed by atoms with Gasteiger partial charge in [0.15, 0.2) is 30.0 Å². The first-order valence-corrected chi connectivity index (χ1v) is 13.9. The van der Waals surface area contributed by atoms with Crippen LogP contribution in [0.4, 0.5) is 22.0 Å². The first-order chi connectivity index (χ1) is 18.2. The maximum Gasteiger partial charge on any atom is 0.400 e. The number of hydrogen-bond acceptors (Lipinski definition) is 5. The average molecular weight is 549 g/mol. The van der Waals surface area contributed by atoms with E-state index in [-0.39, 0.29) is 31.3 Å². The monoisotopic (exact) mass is 548 g/mol. The Morgan fingerprint density at radius 3 is 1.66 bits per heavy atom. The smallest absolute Gasteiger partial charge is 0.400 e.